The molecule has 8 heteroatoms. The SMILES string of the molecule is CN1CC(CO)Oc2ccc3c(c21)CN(C1CCC(=O)NC1=O)C3=O. The molecule has 0 radical (unpaired) electrons. The molecule has 8 nitrogen and oxygen atoms in total. The highest BCUT2D eigenvalue weighted by molar-refractivity contribution is 6.06. The van der Waals surface area contributed by atoms with Crippen LogP contribution in [0.1, 0.15) is 28.8 Å². The Bertz CT molecular complexity index is 778. The molecule has 0 saturated carbocycles. The van der Waals surface area contributed by atoms with E-state index in [1.807, 2.05) is 11.9 Å². The van der Waals surface area contributed by atoms with Gasteiger partial charge in [-0.3, -0.25) is 19.7 Å². The first kappa shape index (κ1) is 15.9. The molecular formula is C17H19N3O5. The van der Waals surface area contributed by atoms with Gasteiger partial charge in [0.25, 0.3) is 5.91 Å². The number of imide groups is 1. The monoisotopic (exact) mass is 345 g/mol. The topological polar surface area (TPSA) is 99.2 Å². The molecule has 132 valence electrons. The smallest absolute Gasteiger partial charge is 0.255 e. The maximum absolute atomic E-state index is 12.8. The number of hydrogen-bond donors (Lipinski definition) is 2. The molecule has 0 bridgehead atoms. The van der Waals surface area contributed by atoms with Crippen molar-refractivity contribution in [3.05, 3.63) is 23.3 Å². The van der Waals surface area contributed by atoms with Gasteiger partial charge in [0.15, 0.2) is 0 Å². The van der Waals surface area contributed by atoms with Crippen LogP contribution in [0.5, 0.6) is 5.75 Å². The molecule has 3 aliphatic heterocycles. The normalized spacial score (nSPS) is 25.4. The first-order valence-corrected chi connectivity index (χ1v) is 8.28. The molecule has 1 aromatic rings. The number of fused-ring (bicyclic) bond motifs is 3. The molecule has 0 aromatic heterocycles. The maximum Gasteiger partial charge on any atom is 0.255 e. The zero-order chi connectivity index (χ0) is 17.7. The van der Waals surface area contributed by atoms with E-state index in [0.29, 0.717) is 30.8 Å². The summed E-state index contributed by atoms with van der Waals surface area (Å²) in [6.45, 7) is 0.746. The fourth-order valence-corrected chi connectivity index (χ4v) is 3.83. The van der Waals surface area contributed by atoms with Crippen molar-refractivity contribution in [1.29, 1.82) is 0 Å². The average Bonchev–Trinajstić information content (AvgIpc) is 2.91. The predicted octanol–water partition coefficient (Wildman–Crippen LogP) is -0.363. The van der Waals surface area contributed by atoms with Crippen molar-refractivity contribution in [2.45, 2.75) is 31.5 Å². The molecule has 25 heavy (non-hydrogen) atoms. The van der Waals surface area contributed by atoms with Crippen LogP contribution in [0.3, 0.4) is 0 Å². The second kappa shape index (κ2) is 5.73. The number of amides is 3. The lowest BCUT2D eigenvalue weighted by Gasteiger charge is -2.34. The summed E-state index contributed by atoms with van der Waals surface area (Å²) in [4.78, 5) is 39.8. The molecule has 3 aliphatic rings. The molecule has 4 rings (SSSR count). The predicted molar refractivity (Wildman–Crippen MR) is 87.3 cm³/mol. The lowest BCUT2D eigenvalue weighted by atomic mass is 10.0. The zero-order valence-corrected chi connectivity index (χ0v) is 13.8. The van der Waals surface area contributed by atoms with Crippen molar-refractivity contribution in [2.75, 3.05) is 25.1 Å². The highest BCUT2D eigenvalue weighted by Crippen LogP contribution is 2.42. The van der Waals surface area contributed by atoms with Crippen LogP contribution in [-0.4, -0.2) is 60.1 Å². The molecular weight excluding hydrogens is 326 g/mol. The number of anilines is 1. The van der Waals surface area contributed by atoms with Crippen LogP contribution >= 0.6 is 0 Å². The summed E-state index contributed by atoms with van der Waals surface area (Å²) < 4.78 is 5.78. The van der Waals surface area contributed by atoms with Gasteiger partial charge in [-0.05, 0) is 18.6 Å². The fraction of sp³-hybridized carbons (Fsp3) is 0.471. The van der Waals surface area contributed by atoms with E-state index in [1.165, 1.54) is 4.90 Å². The van der Waals surface area contributed by atoms with Gasteiger partial charge in [0.2, 0.25) is 11.8 Å². The number of piperidine rings is 1. The van der Waals surface area contributed by atoms with Gasteiger partial charge >= 0.3 is 0 Å². The molecule has 2 N–H and O–H groups in total. The number of aliphatic hydroxyl groups is 1. The summed E-state index contributed by atoms with van der Waals surface area (Å²) in [7, 11) is 1.89. The van der Waals surface area contributed by atoms with Crippen LogP contribution in [-0.2, 0) is 16.1 Å². The lowest BCUT2D eigenvalue weighted by Crippen LogP contribution is -2.52. The average molecular weight is 345 g/mol. The van der Waals surface area contributed by atoms with Crippen molar-refractivity contribution in [3.8, 4) is 5.75 Å². The van der Waals surface area contributed by atoms with E-state index in [1.54, 1.807) is 12.1 Å². The van der Waals surface area contributed by atoms with Crippen LogP contribution in [0, 0.1) is 0 Å². The molecule has 2 unspecified atom stereocenters. The number of likely N-dealkylation sites (N-methyl/N-ethyl adjacent to an activating group) is 1. The van der Waals surface area contributed by atoms with Gasteiger partial charge in [-0.2, -0.15) is 0 Å². The Morgan fingerprint density at radius 1 is 1.32 bits per heavy atom. The molecule has 3 heterocycles. The van der Waals surface area contributed by atoms with Gasteiger partial charge in [-0.15, -0.1) is 0 Å². The standard InChI is InChI=1S/C17H19N3O5/c1-19-6-9(8-21)25-13-4-2-10-11(15(13)19)7-20(17(10)24)12-3-5-14(22)18-16(12)23/h2,4,9,12,21H,3,5-8H2,1H3,(H,18,22,23). The van der Waals surface area contributed by atoms with Crippen molar-refractivity contribution in [3.63, 3.8) is 0 Å². The van der Waals surface area contributed by atoms with Gasteiger partial charge in [0.1, 0.15) is 17.9 Å². The van der Waals surface area contributed by atoms with Crippen molar-refractivity contribution >= 4 is 23.4 Å². The Labute approximate surface area is 144 Å². The molecule has 2 atom stereocenters. The minimum Gasteiger partial charge on any atom is -0.484 e. The third-order valence-electron chi connectivity index (χ3n) is 5.01. The van der Waals surface area contributed by atoms with Gasteiger partial charge in [-0.1, -0.05) is 0 Å². The number of carbonyl (C=O) groups excluding carboxylic acids is 3. The number of aliphatic hydroxyl groups excluding tert-OH is 1. The first-order valence-electron chi connectivity index (χ1n) is 8.28. The minimum absolute atomic E-state index is 0.0812. The second-order valence-electron chi connectivity index (χ2n) is 6.64. The molecule has 0 spiro atoms. The Morgan fingerprint density at radius 3 is 2.84 bits per heavy atom. The quantitative estimate of drug-likeness (QED) is 0.710. The van der Waals surface area contributed by atoms with Crippen LogP contribution in [0.4, 0.5) is 5.69 Å². The third kappa shape index (κ3) is 2.44. The van der Waals surface area contributed by atoms with Gasteiger partial charge in [-0.25, -0.2) is 0 Å². The minimum atomic E-state index is -0.631. The fourth-order valence-electron chi connectivity index (χ4n) is 3.83. The molecule has 1 saturated heterocycles. The maximum atomic E-state index is 12.8. The summed E-state index contributed by atoms with van der Waals surface area (Å²) in [6, 6.07) is 2.81. The van der Waals surface area contributed by atoms with Crippen molar-refractivity contribution < 1.29 is 24.2 Å². The van der Waals surface area contributed by atoms with E-state index in [2.05, 4.69) is 5.32 Å². The number of benzene rings is 1. The van der Waals surface area contributed by atoms with Crippen LogP contribution < -0.4 is 15.0 Å². The van der Waals surface area contributed by atoms with E-state index >= 15 is 0 Å². The van der Waals surface area contributed by atoms with Gasteiger partial charge in [0.05, 0.1) is 18.8 Å². The molecule has 3 amide bonds. The van der Waals surface area contributed by atoms with Crippen LogP contribution in [0.2, 0.25) is 0 Å². The third-order valence-corrected chi connectivity index (χ3v) is 5.01. The Balaban J connectivity index is 1.67. The highest BCUT2D eigenvalue weighted by atomic mass is 16.5. The van der Waals surface area contributed by atoms with Gasteiger partial charge < -0.3 is 19.6 Å². The summed E-state index contributed by atoms with van der Waals surface area (Å²) in [6.07, 6.45) is 0.264. The number of nitrogens with zero attached hydrogens (tertiary/aromatic N) is 2. The number of ether oxygens (including phenoxy) is 1. The number of hydrogen-bond acceptors (Lipinski definition) is 6. The van der Waals surface area contributed by atoms with Gasteiger partial charge in [0, 0.05) is 31.1 Å². The number of nitrogens with one attached hydrogen (secondary N) is 1. The molecule has 1 aromatic carbocycles. The summed E-state index contributed by atoms with van der Waals surface area (Å²) in [5.74, 6) is -0.295. The van der Waals surface area contributed by atoms with E-state index in [4.69, 9.17) is 4.74 Å². The largest absolute Gasteiger partial charge is 0.484 e. The number of rotatable bonds is 2. The van der Waals surface area contributed by atoms with E-state index < -0.39 is 11.9 Å². The zero-order valence-electron chi connectivity index (χ0n) is 13.8. The summed E-state index contributed by atoms with van der Waals surface area (Å²) >= 11 is 0. The van der Waals surface area contributed by atoms with E-state index in [0.717, 1.165) is 11.3 Å². The van der Waals surface area contributed by atoms with Crippen molar-refractivity contribution in [2.24, 2.45) is 0 Å². The van der Waals surface area contributed by atoms with Crippen molar-refractivity contribution in [1.82, 2.24) is 10.2 Å². The molecule has 0 aliphatic carbocycles. The summed E-state index contributed by atoms with van der Waals surface area (Å²) in [5.41, 5.74) is 2.21. The summed E-state index contributed by atoms with van der Waals surface area (Å²) in [5, 5.41) is 11.7. The Hall–Kier alpha value is -2.61. The first-order chi connectivity index (χ1) is 12.0. The van der Waals surface area contributed by atoms with E-state index in [9.17, 15) is 19.5 Å². The Morgan fingerprint density at radius 2 is 2.12 bits per heavy atom. The van der Waals surface area contributed by atoms with E-state index in [-0.39, 0.29) is 30.9 Å². The van der Waals surface area contributed by atoms with Crippen LogP contribution in [0.15, 0.2) is 12.1 Å². The highest BCUT2D eigenvalue weighted by Gasteiger charge is 2.41. The van der Waals surface area contributed by atoms with Crippen LogP contribution in [0.25, 0.3) is 0 Å². The molecule has 1 fully saturated rings. The lowest BCUT2D eigenvalue weighted by molar-refractivity contribution is -0.136. The second-order valence-corrected chi connectivity index (χ2v) is 6.64. The Kier molecular flexibility index (Phi) is 3.64. The number of carbonyl (C=O) groups is 3.